The third kappa shape index (κ3) is 5.35. The largest absolute Gasteiger partial charge is 0.464 e. The molecule has 13 nitrogen and oxygen atoms in total. The third-order valence-corrected chi connectivity index (χ3v) is 4.92. The van der Waals surface area contributed by atoms with Gasteiger partial charge in [0.2, 0.25) is 23.1 Å². The Bertz CT molecular complexity index is 1180. The minimum Gasteiger partial charge on any atom is -0.464 e. The van der Waals surface area contributed by atoms with Crippen LogP contribution in [0.15, 0.2) is 17.2 Å². The minimum atomic E-state index is -0.965. The summed E-state index contributed by atoms with van der Waals surface area (Å²) in [5.41, 5.74) is -1.87. The molecule has 0 N–H and O–H groups in total. The first-order chi connectivity index (χ1) is 15.9. The molecular formula is C21H27N5O8. The number of hydrogen-bond donors (Lipinski definition) is 0. The first-order valence-electron chi connectivity index (χ1n) is 10.5. The van der Waals surface area contributed by atoms with E-state index in [1.807, 2.05) is 0 Å². The fourth-order valence-corrected chi connectivity index (χ4v) is 3.36. The van der Waals surface area contributed by atoms with E-state index >= 15 is 0 Å². The SMILES string of the molecule is COC(=O)c1nc2n(CC(=O)N3CCN(C(=O)OC(C)(C)C)CC3)ccn2c(=O)c1OC(C)=O. The van der Waals surface area contributed by atoms with Crippen LogP contribution in [0.1, 0.15) is 38.2 Å². The third-order valence-electron chi connectivity index (χ3n) is 4.92. The molecule has 2 aromatic rings. The molecule has 3 heterocycles. The van der Waals surface area contributed by atoms with E-state index in [-0.39, 0.29) is 18.2 Å². The summed E-state index contributed by atoms with van der Waals surface area (Å²) in [6, 6.07) is 0. The summed E-state index contributed by atoms with van der Waals surface area (Å²) in [5, 5.41) is 0. The summed E-state index contributed by atoms with van der Waals surface area (Å²) in [6.07, 6.45) is 2.38. The first kappa shape index (κ1) is 24.7. The fourth-order valence-electron chi connectivity index (χ4n) is 3.36. The highest BCUT2D eigenvalue weighted by Gasteiger charge is 2.29. The maximum absolute atomic E-state index is 12.9. The van der Waals surface area contributed by atoms with E-state index in [2.05, 4.69) is 9.72 Å². The van der Waals surface area contributed by atoms with E-state index in [4.69, 9.17) is 9.47 Å². The Kier molecular flexibility index (Phi) is 6.93. The number of hydrogen-bond acceptors (Lipinski definition) is 9. The number of carbonyl (C=O) groups is 4. The van der Waals surface area contributed by atoms with Crippen molar-refractivity contribution in [2.24, 2.45) is 0 Å². The number of methoxy groups -OCH3 is 1. The number of rotatable bonds is 4. The maximum atomic E-state index is 12.9. The lowest BCUT2D eigenvalue weighted by Crippen LogP contribution is -2.52. The highest BCUT2D eigenvalue weighted by atomic mass is 16.6. The van der Waals surface area contributed by atoms with Crippen LogP contribution >= 0.6 is 0 Å². The Balaban J connectivity index is 1.78. The predicted molar refractivity (Wildman–Crippen MR) is 116 cm³/mol. The van der Waals surface area contributed by atoms with Crippen molar-refractivity contribution in [3.63, 3.8) is 0 Å². The molecule has 0 aromatic carbocycles. The van der Waals surface area contributed by atoms with E-state index < -0.39 is 40.6 Å². The Morgan fingerprint density at radius 2 is 1.65 bits per heavy atom. The average molecular weight is 477 g/mol. The summed E-state index contributed by atoms with van der Waals surface area (Å²) in [7, 11) is 1.10. The predicted octanol–water partition coefficient (Wildman–Crippen LogP) is 0.287. The zero-order chi connectivity index (χ0) is 25.2. The molecule has 1 aliphatic rings. The molecule has 0 radical (unpaired) electrons. The second-order valence-corrected chi connectivity index (χ2v) is 8.62. The molecule has 13 heteroatoms. The molecule has 0 unspecified atom stereocenters. The lowest BCUT2D eigenvalue weighted by atomic mass is 10.2. The molecule has 2 amide bonds. The molecule has 0 saturated carbocycles. The molecule has 1 aliphatic heterocycles. The molecule has 0 bridgehead atoms. The summed E-state index contributed by atoms with van der Waals surface area (Å²) in [5.74, 6) is -2.58. The minimum absolute atomic E-state index is 0.00189. The standard InChI is InChI=1S/C21H27N5O8/c1-13(27)33-16-15(18(30)32-5)22-19-25(10-11-26(19)17(16)29)12-14(28)23-6-8-24(9-7-23)20(31)34-21(2,3)4/h10-11H,6-9,12H2,1-5H3. The number of fused-ring (bicyclic) bond motifs is 1. The zero-order valence-corrected chi connectivity index (χ0v) is 19.7. The summed E-state index contributed by atoms with van der Waals surface area (Å²) >= 11 is 0. The second-order valence-electron chi connectivity index (χ2n) is 8.62. The highest BCUT2D eigenvalue weighted by molar-refractivity contribution is 5.91. The number of imidazole rings is 1. The Morgan fingerprint density at radius 3 is 2.21 bits per heavy atom. The van der Waals surface area contributed by atoms with Crippen LogP contribution in [0.2, 0.25) is 0 Å². The van der Waals surface area contributed by atoms with Gasteiger partial charge in [-0.25, -0.2) is 19.0 Å². The summed E-state index contributed by atoms with van der Waals surface area (Å²) in [4.78, 5) is 68.7. The van der Waals surface area contributed by atoms with Gasteiger partial charge in [-0.3, -0.25) is 14.4 Å². The van der Waals surface area contributed by atoms with Gasteiger partial charge in [-0.15, -0.1) is 0 Å². The van der Waals surface area contributed by atoms with E-state index in [0.717, 1.165) is 18.4 Å². The average Bonchev–Trinajstić information content (AvgIpc) is 3.16. The fraction of sp³-hybridized carbons (Fsp3) is 0.524. The lowest BCUT2D eigenvalue weighted by molar-refractivity contribution is -0.133. The number of esters is 2. The van der Waals surface area contributed by atoms with Crippen molar-refractivity contribution >= 4 is 29.7 Å². The molecule has 184 valence electrons. The van der Waals surface area contributed by atoms with Crippen LogP contribution in [0.4, 0.5) is 4.79 Å². The van der Waals surface area contributed by atoms with Gasteiger partial charge in [-0.05, 0) is 20.8 Å². The molecular weight excluding hydrogens is 450 g/mol. The number of amides is 2. The van der Waals surface area contributed by atoms with Gasteiger partial charge in [0.1, 0.15) is 12.1 Å². The molecule has 0 spiro atoms. The highest BCUT2D eigenvalue weighted by Crippen LogP contribution is 2.16. The monoisotopic (exact) mass is 477 g/mol. The van der Waals surface area contributed by atoms with Crippen molar-refractivity contribution in [2.75, 3.05) is 33.3 Å². The Hall–Kier alpha value is -3.90. The number of nitrogens with zero attached hydrogens (tertiary/aromatic N) is 5. The number of aromatic nitrogens is 3. The van der Waals surface area contributed by atoms with Gasteiger partial charge < -0.3 is 28.6 Å². The van der Waals surface area contributed by atoms with Gasteiger partial charge in [0, 0.05) is 45.5 Å². The van der Waals surface area contributed by atoms with Crippen molar-refractivity contribution in [3.8, 4) is 5.75 Å². The molecule has 1 fully saturated rings. The molecule has 0 aliphatic carbocycles. The van der Waals surface area contributed by atoms with Crippen LogP contribution in [0.5, 0.6) is 5.75 Å². The van der Waals surface area contributed by atoms with Gasteiger partial charge in [0.25, 0.3) is 0 Å². The number of carbonyl (C=O) groups excluding carboxylic acids is 4. The number of ether oxygens (including phenoxy) is 3. The van der Waals surface area contributed by atoms with Gasteiger partial charge in [0.15, 0.2) is 0 Å². The quantitative estimate of drug-likeness (QED) is 0.568. The van der Waals surface area contributed by atoms with E-state index in [1.54, 1.807) is 30.6 Å². The molecule has 3 rings (SSSR count). The van der Waals surface area contributed by atoms with Crippen LogP contribution < -0.4 is 10.3 Å². The van der Waals surface area contributed by atoms with Crippen molar-refractivity contribution < 1.29 is 33.4 Å². The smallest absolute Gasteiger partial charge is 0.410 e. The van der Waals surface area contributed by atoms with E-state index in [9.17, 15) is 24.0 Å². The van der Waals surface area contributed by atoms with Crippen LogP contribution in [-0.2, 0) is 25.6 Å². The maximum Gasteiger partial charge on any atom is 0.410 e. The van der Waals surface area contributed by atoms with Crippen molar-refractivity contribution in [2.45, 2.75) is 39.8 Å². The van der Waals surface area contributed by atoms with Crippen LogP contribution in [0.25, 0.3) is 5.78 Å². The van der Waals surface area contributed by atoms with Crippen molar-refractivity contribution in [3.05, 3.63) is 28.4 Å². The van der Waals surface area contributed by atoms with E-state index in [0.29, 0.717) is 26.2 Å². The topological polar surface area (TPSA) is 142 Å². The van der Waals surface area contributed by atoms with E-state index in [1.165, 1.54) is 17.0 Å². The molecule has 2 aromatic heterocycles. The first-order valence-corrected chi connectivity index (χ1v) is 10.5. The van der Waals surface area contributed by atoms with Crippen LogP contribution in [0, 0.1) is 0 Å². The Morgan fingerprint density at radius 1 is 1.03 bits per heavy atom. The second kappa shape index (κ2) is 9.53. The van der Waals surface area contributed by atoms with Gasteiger partial charge in [0.05, 0.1) is 7.11 Å². The zero-order valence-electron chi connectivity index (χ0n) is 19.7. The van der Waals surface area contributed by atoms with Gasteiger partial charge in [-0.1, -0.05) is 0 Å². The van der Waals surface area contributed by atoms with Gasteiger partial charge >= 0.3 is 23.6 Å². The summed E-state index contributed by atoms with van der Waals surface area (Å²) in [6.45, 7) is 7.55. The molecule has 34 heavy (non-hydrogen) atoms. The molecule has 0 atom stereocenters. The van der Waals surface area contributed by atoms with Gasteiger partial charge in [-0.2, -0.15) is 0 Å². The van der Waals surface area contributed by atoms with Crippen molar-refractivity contribution in [1.29, 1.82) is 0 Å². The lowest BCUT2D eigenvalue weighted by Gasteiger charge is -2.35. The van der Waals surface area contributed by atoms with Crippen molar-refractivity contribution in [1.82, 2.24) is 23.8 Å². The summed E-state index contributed by atoms with van der Waals surface area (Å²) < 4.78 is 17.4. The van der Waals surface area contributed by atoms with Crippen LogP contribution in [-0.4, -0.2) is 86.6 Å². The number of piperazine rings is 1. The normalized spacial score (nSPS) is 14.1. The Labute approximate surface area is 194 Å². The van der Waals surface area contributed by atoms with Crippen LogP contribution in [0.3, 0.4) is 0 Å². The molecule has 1 saturated heterocycles.